The molecule has 0 aromatic heterocycles. The van der Waals surface area contributed by atoms with Crippen LogP contribution < -0.4 is 32.1 Å². The fourth-order valence-corrected chi connectivity index (χ4v) is 9.75. The fraction of sp³-hybridized carbons (Fsp3) is 0.286. The average molecular weight is 613 g/mol. The van der Waals surface area contributed by atoms with Crippen LogP contribution in [0.2, 0.25) is 0 Å². The minimum absolute atomic E-state index is 0.145. The molecule has 0 unspecified atom stereocenters. The van der Waals surface area contributed by atoms with Crippen LogP contribution in [0.4, 0.5) is 11.4 Å². The zero-order chi connectivity index (χ0) is 31.8. The molecule has 9 rings (SSSR count). The Bertz CT molecular complexity index is 2120. The van der Waals surface area contributed by atoms with E-state index in [0.717, 1.165) is 0 Å². The van der Waals surface area contributed by atoms with Crippen molar-refractivity contribution < 1.29 is 0 Å². The molecule has 0 amide bonds. The van der Waals surface area contributed by atoms with E-state index in [0.29, 0.717) is 23.7 Å². The maximum absolute atomic E-state index is 2.80. The second-order valence-corrected chi connectivity index (χ2v) is 16.4. The lowest BCUT2D eigenvalue weighted by Gasteiger charge is -2.50. The van der Waals surface area contributed by atoms with Gasteiger partial charge in [-0.1, -0.05) is 133 Å². The highest BCUT2D eigenvalue weighted by Gasteiger charge is 2.51. The Kier molecular flexibility index (Phi) is 6.18. The number of hydrogen-bond acceptors (Lipinski definition) is 2. The Labute approximate surface area is 280 Å². The van der Waals surface area contributed by atoms with Crippen LogP contribution in [0.1, 0.15) is 101 Å². The molecule has 4 heteroatoms. The van der Waals surface area contributed by atoms with E-state index in [-0.39, 0.29) is 13.6 Å². The first-order valence-electron chi connectivity index (χ1n) is 17.4. The molecule has 4 aliphatic rings. The van der Waals surface area contributed by atoms with Gasteiger partial charge < -0.3 is 4.81 Å². The van der Waals surface area contributed by atoms with Gasteiger partial charge in [-0.3, -0.25) is 0 Å². The minimum atomic E-state index is 0.145. The average Bonchev–Trinajstić information content (AvgIpc) is 3.05. The molecule has 5 aromatic rings. The number of rotatable bonds is 4. The first kappa shape index (κ1) is 28.6. The van der Waals surface area contributed by atoms with Crippen LogP contribution in [0, 0.1) is 0 Å². The normalized spacial score (nSPS) is 14.7. The van der Waals surface area contributed by atoms with Crippen LogP contribution in [0.25, 0.3) is 22.3 Å². The van der Waals surface area contributed by atoms with E-state index in [1.54, 1.807) is 0 Å². The molecule has 5 aromatic carbocycles. The summed E-state index contributed by atoms with van der Waals surface area (Å²) in [6.45, 7) is 19.0. The van der Waals surface area contributed by atoms with Crippen molar-refractivity contribution in [3.05, 3.63) is 101 Å². The lowest BCUT2D eigenvalue weighted by atomic mass is 9.31. The highest BCUT2D eigenvalue weighted by atomic mass is 32.2. The molecule has 0 N–H and O–H groups in total. The summed E-state index contributed by atoms with van der Waals surface area (Å²) in [6.07, 6.45) is 0. The van der Waals surface area contributed by atoms with Crippen LogP contribution in [-0.4, -0.2) is 13.6 Å². The number of fused-ring (bicyclic) bond motifs is 9. The second kappa shape index (κ2) is 9.94. The summed E-state index contributed by atoms with van der Waals surface area (Å²) in [5.74, 6) is 1.89. The molecule has 0 atom stereocenters. The summed E-state index contributed by atoms with van der Waals surface area (Å²) in [4.78, 5) is 5.63. The standard InChI is InChI=1S/C42H41B2NS/c1-22(2)26-9-12-30-32-14-16-39-40-42(32)45-41-33(31-13-10-27(23(3)4)19-35(31)44(45)34(30)18-26)17-29(25(7)8)21-37(41)43(40)36-20-28(24(5)6)11-15-38(36)46-39/h9-25H,1-8H3. The van der Waals surface area contributed by atoms with Crippen molar-refractivity contribution in [3.63, 3.8) is 0 Å². The first-order valence-corrected chi connectivity index (χ1v) is 18.2. The molecular formula is C42H41B2NS. The lowest BCUT2D eigenvalue weighted by Crippen LogP contribution is -2.69. The fourth-order valence-electron chi connectivity index (χ4n) is 8.62. The van der Waals surface area contributed by atoms with Gasteiger partial charge in [0.15, 0.2) is 0 Å². The Morgan fingerprint density at radius 3 is 1.57 bits per heavy atom. The lowest BCUT2D eigenvalue weighted by molar-refractivity contribution is 0.866. The Hall–Kier alpha value is -3.62. The van der Waals surface area contributed by atoms with E-state index in [2.05, 4.69) is 139 Å². The highest BCUT2D eigenvalue weighted by molar-refractivity contribution is 8.00. The molecule has 0 saturated carbocycles. The predicted molar refractivity (Wildman–Crippen MR) is 202 cm³/mol. The van der Waals surface area contributed by atoms with Crippen LogP contribution in [-0.2, 0) is 0 Å². The summed E-state index contributed by atoms with van der Waals surface area (Å²) in [7, 11) is 0. The molecule has 0 bridgehead atoms. The van der Waals surface area contributed by atoms with Crippen molar-refractivity contribution in [2.24, 2.45) is 0 Å². The monoisotopic (exact) mass is 613 g/mol. The molecule has 0 fully saturated rings. The number of anilines is 2. The minimum Gasteiger partial charge on any atom is -0.377 e. The third-order valence-corrected chi connectivity index (χ3v) is 12.4. The number of hydrogen-bond donors (Lipinski definition) is 0. The first-order chi connectivity index (χ1) is 22.1. The third kappa shape index (κ3) is 3.80. The Morgan fingerprint density at radius 2 is 0.957 bits per heavy atom. The third-order valence-electron chi connectivity index (χ3n) is 11.2. The highest BCUT2D eigenvalue weighted by Crippen LogP contribution is 2.50. The topological polar surface area (TPSA) is 3.24 Å². The van der Waals surface area contributed by atoms with Crippen molar-refractivity contribution in [3.8, 4) is 22.3 Å². The van der Waals surface area contributed by atoms with E-state index < -0.39 is 0 Å². The van der Waals surface area contributed by atoms with Crippen molar-refractivity contribution in [1.29, 1.82) is 0 Å². The maximum Gasteiger partial charge on any atom is 0.329 e. The van der Waals surface area contributed by atoms with E-state index in [1.807, 2.05) is 11.8 Å². The summed E-state index contributed by atoms with van der Waals surface area (Å²) in [5.41, 5.74) is 21.6. The molecule has 46 heavy (non-hydrogen) atoms. The van der Waals surface area contributed by atoms with Gasteiger partial charge in [-0.25, -0.2) is 0 Å². The van der Waals surface area contributed by atoms with Crippen LogP contribution in [0.15, 0.2) is 88.7 Å². The maximum atomic E-state index is 2.80. The zero-order valence-corrected chi connectivity index (χ0v) is 29.1. The van der Waals surface area contributed by atoms with Gasteiger partial charge in [0, 0.05) is 32.3 Å². The molecule has 0 spiro atoms. The van der Waals surface area contributed by atoms with E-state index >= 15 is 0 Å². The molecule has 4 aliphatic heterocycles. The van der Waals surface area contributed by atoms with Crippen LogP contribution in [0.3, 0.4) is 0 Å². The van der Waals surface area contributed by atoms with Gasteiger partial charge in [-0.2, -0.15) is 0 Å². The van der Waals surface area contributed by atoms with Crippen molar-refractivity contribution in [1.82, 2.24) is 0 Å². The van der Waals surface area contributed by atoms with Crippen molar-refractivity contribution >= 4 is 64.0 Å². The van der Waals surface area contributed by atoms with Crippen molar-refractivity contribution in [2.75, 3.05) is 4.81 Å². The predicted octanol–water partition coefficient (Wildman–Crippen LogP) is 8.38. The van der Waals surface area contributed by atoms with E-state index in [1.165, 1.54) is 93.0 Å². The van der Waals surface area contributed by atoms with Gasteiger partial charge in [0.25, 0.3) is 0 Å². The summed E-state index contributed by atoms with van der Waals surface area (Å²) in [5, 5.41) is 0. The van der Waals surface area contributed by atoms with Gasteiger partial charge in [-0.15, -0.1) is 0 Å². The molecule has 4 heterocycles. The van der Waals surface area contributed by atoms with Crippen molar-refractivity contribution in [2.45, 2.75) is 88.9 Å². The zero-order valence-electron chi connectivity index (χ0n) is 28.3. The van der Waals surface area contributed by atoms with Gasteiger partial charge in [0.1, 0.15) is 0 Å². The van der Waals surface area contributed by atoms with E-state index in [4.69, 9.17) is 0 Å². The van der Waals surface area contributed by atoms with E-state index in [9.17, 15) is 0 Å². The molecular weight excluding hydrogens is 572 g/mol. The quantitative estimate of drug-likeness (QED) is 0.184. The molecule has 226 valence electrons. The smallest absolute Gasteiger partial charge is 0.329 e. The summed E-state index contributed by atoms with van der Waals surface area (Å²) >= 11 is 1.98. The van der Waals surface area contributed by atoms with Gasteiger partial charge >= 0.3 is 6.85 Å². The molecule has 0 saturated heterocycles. The largest absolute Gasteiger partial charge is 0.377 e. The Balaban J connectivity index is 1.46. The molecule has 1 nitrogen and oxygen atoms in total. The summed E-state index contributed by atoms with van der Waals surface area (Å²) < 4.78 is 0. The Morgan fingerprint density at radius 1 is 0.457 bits per heavy atom. The summed E-state index contributed by atoms with van der Waals surface area (Å²) in [6, 6.07) is 32.0. The number of benzene rings is 5. The molecule has 0 aliphatic carbocycles. The van der Waals surface area contributed by atoms with Gasteiger partial charge in [0.05, 0.1) is 0 Å². The van der Waals surface area contributed by atoms with Gasteiger partial charge in [-0.05, 0) is 97.1 Å². The van der Waals surface area contributed by atoms with Crippen LogP contribution in [0.5, 0.6) is 0 Å². The SMILES string of the molecule is CC(C)c1ccc2c(c1)B1c3cc(C(C)C)cc4c3N3B(c5cc(C(C)C)ccc5-4)c4cc(C(C)C)ccc4-c4ccc(c1c43)S2. The van der Waals surface area contributed by atoms with Crippen LogP contribution >= 0.6 is 11.8 Å². The second-order valence-electron chi connectivity index (χ2n) is 15.3. The molecule has 0 radical (unpaired) electrons. The number of nitrogens with zero attached hydrogens (tertiary/aromatic N) is 1. The van der Waals surface area contributed by atoms with Gasteiger partial charge in [0.2, 0.25) is 6.71 Å².